The summed E-state index contributed by atoms with van der Waals surface area (Å²) < 4.78 is 5.09. The van der Waals surface area contributed by atoms with E-state index >= 15 is 0 Å². The summed E-state index contributed by atoms with van der Waals surface area (Å²) in [5, 5.41) is 0. The summed E-state index contributed by atoms with van der Waals surface area (Å²) in [7, 11) is 1.60. The number of ether oxygens (including phenoxy) is 1. The molecule has 0 aliphatic carbocycles. The highest BCUT2D eigenvalue weighted by Crippen LogP contribution is 2.21. The molecular formula is C9H15N3O. The topological polar surface area (TPSA) is 61.0 Å². The summed E-state index contributed by atoms with van der Waals surface area (Å²) in [6.07, 6.45) is 1.51. The number of aromatic nitrogens is 2. The van der Waals surface area contributed by atoms with Crippen molar-refractivity contribution in [2.24, 2.45) is 5.73 Å². The van der Waals surface area contributed by atoms with Gasteiger partial charge in [-0.25, -0.2) is 9.97 Å². The van der Waals surface area contributed by atoms with Crippen LogP contribution in [0.15, 0.2) is 6.33 Å². The lowest BCUT2D eigenvalue weighted by Gasteiger charge is -2.12. The molecular weight excluding hydrogens is 166 g/mol. The SMILES string of the molecule is COc1ncnc(C(C)CN)c1C. The molecule has 0 aliphatic rings. The van der Waals surface area contributed by atoms with E-state index in [-0.39, 0.29) is 5.92 Å². The summed E-state index contributed by atoms with van der Waals surface area (Å²) in [5.41, 5.74) is 7.51. The molecule has 4 heteroatoms. The number of nitrogens with two attached hydrogens (primary N) is 1. The molecule has 0 spiro atoms. The van der Waals surface area contributed by atoms with E-state index in [0.29, 0.717) is 12.4 Å². The zero-order valence-corrected chi connectivity index (χ0v) is 8.24. The van der Waals surface area contributed by atoms with Crippen LogP contribution < -0.4 is 10.5 Å². The van der Waals surface area contributed by atoms with Crippen LogP contribution in [0, 0.1) is 6.92 Å². The largest absolute Gasteiger partial charge is 0.481 e. The summed E-state index contributed by atoms with van der Waals surface area (Å²) in [4.78, 5) is 8.19. The Kier molecular flexibility index (Phi) is 3.19. The maximum absolute atomic E-state index is 5.56. The Morgan fingerprint density at radius 1 is 1.54 bits per heavy atom. The molecule has 1 unspecified atom stereocenters. The van der Waals surface area contributed by atoms with Crippen molar-refractivity contribution in [3.8, 4) is 5.88 Å². The van der Waals surface area contributed by atoms with Crippen LogP contribution in [0.5, 0.6) is 5.88 Å². The average Bonchev–Trinajstić information content (AvgIpc) is 2.17. The third-order valence-corrected chi connectivity index (χ3v) is 2.09. The standard InChI is InChI=1S/C9H15N3O/c1-6(4-10)8-7(2)9(13-3)12-5-11-8/h5-6H,4,10H2,1-3H3. The minimum atomic E-state index is 0.247. The number of rotatable bonds is 3. The lowest BCUT2D eigenvalue weighted by atomic mass is 10.0. The van der Waals surface area contributed by atoms with Gasteiger partial charge in [0, 0.05) is 18.0 Å². The molecule has 1 rings (SSSR count). The zero-order valence-electron chi connectivity index (χ0n) is 8.24. The van der Waals surface area contributed by atoms with Gasteiger partial charge in [0.05, 0.1) is 12.8 Å². The summed E-state index contributed by atoms with van der Waals surface area (Å²) >= 11 is 0. The van der Waals surface area contributed by atoms with Gasteiger partial charge in [-0.15, -0.1) is 0 Å². The molecule has 0 bridgehead atoms. The molecule has 0 radical (unpaired) electrons. The van der Waals surface area contributed by atoms with Gasteiger partial charge in [-0.1, -0.05) is 6.92 Å². The molecule has 0 amide bonds. The molecule has 0 fully saturated rings. The van der Waals surface area contributed by atoms with Crippen molar-refractivity contribution in [3.05, 3.63) is 17.6 Å². The molecule has 72 valence electrons. The number of hydrogen-bond acceptors (Lipinski definition) is 4. The Bertz CT molecular complexity index is 288. The minimum Gasteiger partial charge on any atom is -0.481 e. The Balaban J connectivity index is 3.08. The highest BCUT2D eigenvalue weighted by molar-refractivity contribution is 5.30. The van der Waals surface area contributed by atoms with E-state index in [2.05, 4.69) is 9.97 Å². The highest BCUT2D eigenvalue weighted by Gasteiger charge is 2.12. The van der Waals surface area contributed by atoms with Gasteiger partial charge in [0.2, 0.25) is 5.88 Å². The van der Waals surface area contributed by atoms with Crippen LogP contribution in [-0.4, -0.2) is 23.6 Å². The fourth-order valence-corrected chi connectivity index (χ4v) is 1.26. The van der Waals surface area contributed by atoms with Gasteiger partial charge >= 0.3 is 0 Å². The number of nitrogens with zero attached hydrogens (tertiary/aromatic N) is 2. The molecule has 1 aromatic heterocycles. The summed E-state index contributed by atoms with van der Waals surface area (Å²) in [6.45, 7) is 4.57. The van der Waals surface area contributed by atoms with Crippen molar-refractivity contribution in [3.63, 3.8) is 0 Å². The Labute approximate surface area is 78.1 Å². The summed E-state index contributed by atoms with van der Waals surface area (Å²) in [6, 6.07) is 0. The molecule has 2 N–H and O–H groups in total. The van der Waals surface area contributed by atoms with E-state index in [1.54, 1.807) is 7.11 Å². The molecule has 1 atom stereocenters. The van der Waals surface area contributed by atoms with Crippen LogP contribution in [0.4, 0.5) is 0 Å². The quantitative estimate of drug-likeness (QED) is 0.751. The Hall–Kier alpha value is -1.16. The normalized spacial score (nSPS) is 12.6. The lowest BCUT2D eigenvalue weighted by Crippen LogP contribution is -2.12. The first kappa shape index (κ1) is 9.92. The van der Waals surface area contributed by atoms with Crippen LogP contribution in [-0.2, 0) is 0 Å². The van der Waals surface area contributed by atoms with Gasteiger partial charge in [0.1, 0.15) is 6.33 Å². The average molecular weight is 181 g/mol. The van der Waals surface area contributed by atoms with Crippen molar-refractivity contribution >= 4 is 0 Å². The Morgan fingerprint density at radius 2 is 2.23 bits per heavy atom. The highest BCUT2D eigenvalue weighted by atomic mass is 16.5. The van der Waals surface area contributed by atoms with Crippen LogP contribution in [0.3, 0.4) is 0 Å². The van der Waals surface area contributed by atoms with Crippen molar-refractivity contribution in [2.75, 3.05) is 13.7 Å². The molecule has 13 heavy (non-hydrogen) atoms. The van der Waals surface area contributed by atoms with Crippen molar-refractivity contribution in [2.45, 2.75) is 19.8 Å². The van der Waals surface area contributed by atoms with Crippen molar-refractivity contribution in [1.29, 1.82) is 0 Å². The minimum absolute atomic E-state index is 0.247. The van der Waals surface area contributed by atoms with Crippen LogP contribution in [0.2, 0.25) is 0 Å². The molecule has 0 saturated heterocycles. The van der Waals surface area contributed by atoms with Gasteiger partial charge in [-0.2, -0.15) is 0 Å². The first-order chi connectivity index (χ1) is 6.20. The molecule has 0 aromatic carbocycles. The van der Waals surface area contributed by atoms with Gasteiger partial charge in [-0.05, 0) is 6.92 Å². The van der Waals surface area contributed by atoms with Gasteiger partial charge < -0.3 is 10.5 Å². The number of hydrogen-bond donors (Lipinski definition) is 1. The predicted octanol–water partition coefficient (Wildman–Crippen LogP) is 0.856. The van der Waals surface area contributed by atoms with E-state index in [4.69, 9.17) is 10.5 Å². The molecule has 1 aromatic rings. The molecule has 4 nitrogen and oxygen atoms in total. The molecule has 0 saturated carbocycles. The molecule has 1 heterocycles. The maximum atomic E-state index is 5.56. The number of methoxy groups -OCH3 is 1. The monoisotopic (exact) mass is 181 g/mol. The second-order valence-electron chi connectivity index (χ2n) is 3.03. The van der Waals surface area contributed by atoms with E-state index in [0.717, 1.165) is 11.3 Å². The van der Waals surface area contributed by atoms with Crippen molar-refractivity contribution in [1.82, 2.24) is 9.97 Å². The zero-order chi connectivity index (χ0) is 9.84. The predicted molar refractivity (Wildman–Crippen MR) is 50.8 cm³/mol. The van der Waals surface area contributed by atoms with E-state index in [1.165, 1.54) is 6.33 Å². The first-order valence-corrected chi connectivity index (χ1v) is 4.26. The smallest absolute Gasteiger partial charge is 0.219 e. The lowest BCUT2D eigenvalue weighted by molar-refractivity contribution is 0.391. The molecule has 0 aliphatic heterocycles. The second-order valence-corrected chi connectivity index (χ2v) is 3.03. The van der Waals surface area contributed by atoms with Crippen LogP contribution >= 0.6 is 0 Å². The van der Waals surface area contributed by atoms with Crippen molar-refractivity contribution < 1.29 is 4.74 Å². The maximum Gasteiger partial charge on any atom is 0.219 e. The first-order valence-electron chi connectivity index (χ1n) is 4.26. The third kappa shape index (κ3) is 1.95. The van der Waals surface area contributed by atoms with E-state index < -0.39 is 0 Å². The third-order valence-electron chi connectivity index (χ3n) is 2.09. The van der Waals surface area contributed by atoms with Crippen LogP contribution in [0.1, 0.15) is 24.1 Å². The second kappa shape index (κ2) is 4.18. The fourth-order valence-electron chi connectivity index (χ4n) is 1.26. The van der Waals surface area contributed by atoms with Gasteiger partial charge in [-0.3, -0.25) is 0 Å². The fraction of sp³-hybridized carbons (Fsp3) is 0.556. The van der Waals surface area contributed by atoms with Crippen LogP contribution in [0.25, 0.3) is 0 Å². The van der Waals surface area contributed by atoms with E-state index in [1.807, 2.05) is 13.8 Å². The Morgan fingerprint density at radius 3 is 2.77 bits per heavy atom. The van der Waals surface area contributed by atoms with E-state index in [9.17, 15) is 0 Å². The van der Waals surface area contributed by atoms with Gasteiger partial charge in [0.25, 0.3) is 0 Å². The van der Waals surface area contributed by atoms with Gasteiger partial charge in [0.15, 0.2) is 0 Å². The summed E-state index contributed by atoms with van der Waals surface area (Å²) in [5.74, 6) is 0.877.